The summed E-state index contributed by atoms with van der Waals surface area (Å²) in [6, 6.07) is 3.85. The second kappa shape index (κ2) is 12.3. The van der Waals surface area contributed by atoms with Gasteiger partial charge in [0.1, 0.15) is 0 Å². The summed E-state index contributed by atoms with van der Waals surface area (Å²) < 4.78 is 0. The van der Waals surface area contributed by atoms with Gasteiger partial charge in [-0.25, -0.2) is 0 Å². The van der Waals surface area contributed by atoms with Crippen LogP contribution in [0.3, 0.4) is 0 Å². The average Bonchev–Trinajstić information content (AvgIpc) is 2.81. The molecule has 1 unspecified atom stereocenters. The van der Waals surface area contributed by atoms with Crippen molar-refractivity contribution in [3.8, 4) is 0 Å². The van der Waals surface area contributed by atoms with Crippen molar-refractivity contribution in [1.29, 1.82) is 0 Å². The number of aromatic amines is 1. The molecule has 2 aromatic heterocycles. The van der Waals surface area contributed by atoms with E-state index in [0.29, 0.717) is 29.5 Å². The first-order valence-corrected chi connectivity index (χ1v) is 12.8. The van der Waals surface area contributed by atoms with Gasteiger partial charge in [-0.3, -0.25) is 14.6 Å². The monoisotopic (exact) mass is 479 g/mol. The fraction of sp³-hybridized carbons (Fsp3) is 0.536. The Balaban J connectivity index is 1.88. The molecule has 0 radical (unpaired) electrons. The number of rotatable bonds is 10. The SMILES string of the molecule is CCC(CNCc1c(C(=O)NCc2c(C)cc(C)[nH]c2=O)cc(C2=CCNCC2)nc1C)C(C)C. The molecule has 1 amide bonds. The molecule has 7 nitrogen and oxygen atoms in total. The minimum Gasteiger partial charge on any atom is -0.348 e. The third-order valence-electron chi connectivity index (χ3n) is 7.06. The van der Waals surface area contributed by atoms with Crippen molar-refractivity contribution >= 4 is 11.5 Å². The molecule has 0 saturated carbocycles. The van der Waals surface area contributed by atoms with Gasteiger partial charge in [-0.2, -0.15) is 0 Å². The van der Waals surface area contributed by atoms with Crippen molar-refractivity contribution < 1.29 is 4.79 Å². The van der Waals surface area contributed by atoms with E-state index in [1.165, 1.54) is 0 Å². The van der Waals surface area contributed by atoms with Crippen LogP contribution in [0.2, 0.25) is 0 Å². The number of nitrogens with one attached hydrogen (secondary N) is 4. The predicted octanol–water partition coefficient (Wildman–Crippen LogP) is 3.77. The van der Waals surface area contributed by atoms with Crippen molar-refractivity contribution in [2.75, 3.05) is 19.6 Å². The van der Waals surface area contributed by atoms with Crippen LogP contribution >= 0.6 is 0 Å². The van der Waals surface area contributed by atoms with Crippen molar-refractivity contribution in [2.24, 2.45) is 11.8 Å². The molecule has 0 spiro atoms. The standard InChI is InChI=1S/C28H41N5O2/c1-7-21(17(2)3)14-30-15-25-20(6)33-26(22-8-10-29-11-9-22)13-23(25)27(34)31-16-24-18(4)12-19(5)32-28(24)35/h8,12-13,17,21,29-30H,7,9-11,14-16H2,1-6H3,(H,31,34)(H,32,35). The molecule has 2 aromatic rings. The third-order valence-corrected chi connectivity index (χ3v) is 7.06. The number of carbonyl (C=O) groups excluding carboxylic acids is 1. The van der Waals surface area contributed by atoms with Gasteiger partial charge in [-0.1, -0.05) is 33.3 Å². The first-order valence-electron chi connectivity index (χ1n) is 12.8. The molecule has 0 fully saturated rings. The summed E-state index contributed by atoms with van der Waals surface area (Å²) >= 11 is 0. The van der Waals surface area contributed by atoms with Crippen LogP contribution in [0.1, 0.15) is 77.7 Å². The Labute approximate surface area is 209 Å². The Hall–Kier alpha value is -2.77. The van der Waals surface area contributed by atoms with Gasteiger partial charge in [-0.05, 0) is 81.0 Å². The molecule has 4 N–H and O–H groups in total. The molecule has 7 heteroatoms. The van der Waals surface area contributed by atoms with Gasteiger partial charge in [0, 0.05) is 42.1 Å². The number of pyridine rings is 2. The molecule has 3 heterocycles. The molecule has 1 atom stereocenters. The van der Waals surface area contributed by atoms with Crippen LogP contribution < -0.4 is 21.5 Å². The number of hydrogen-bond donors (Lipinski definition) is 4. The van der Waals surface area contributed by atoms with Gasteiger partial charge in [0.15, 0.2) is 0 Å². The van der Waals surface area contributed by atoms with E-state index in [-0.39, 0.29) is 18.0 Å². The summed E-state index contributed by atoms with van der Waals surface area (Å²) in [7, 11) is 0. The number of amides is 1. The summed E-state index contributed by atoms with van der Waals surface area (Å²) in [6.07, 6.45) is 4.14. The van der Waals surface area contributed by atoms with Gasteiger partial charge in [0.2, 0.25) is 0 Å². The molecular weight excluding hydrogens is 438 g/mol. The highest BCUT2D eigenvalue weighted by molar-refractivity contribution is 5.96. The maximum atomic E-state index is 13.5. The van der Waals surface area contributed by atoms with Crippen molar-refractivity contribution in [1.82, 2.24) is 25.9 Å². The highest BCUT2D eigenvalue weighted by Gasteiger charge is 2.20. The first-order chi connectivity index (χ1) is 16.7. The Morgan fingerprint density at radius 2 is 1.91 bits per heavy atom. The van der Waals surface area contributed by atoms with E-state index in [0.717, 1.165) is 66.3 Å². The topological polar surface area (TPSA) is 98.9 Å². The van der Waals surface area contributed by atoms with Crippen molar-refractivity contribution in [3.63, 3.8) is 0 Å². The van der Waals surface area contributed by atoms with Gasteiger partial charge < -0.3 is 20.9 Å². The van der Waals surface area contributed by atoms with Crippen LogP contribution in [0.25, 0.3) is 5.57 Å². The highest BCUT2D eigenvalue weighted by Crippen LogP contribution is 2.23. The molecular formula is C28H41N5O2. The Morgan fingerprint density at radius 3 is 2.54 bits per heavy atom. The van der Waals surface area contributed by atoms with E-state index < -0.39 is 0 Å². The van der Waals surface area contributed by atoms with Crippen LogP contribution in [-0.4, -0.2) is 35.5 Å². The van der Waals surface area contributed by atoms with Gasteiger partial charge in [0.25, 0.3) is 11.5 Å². The molecule has 1 aliphatic rings. The Kier molecular flexibility index (Phi) is 9.40. The average molecular weight is 480 g/mol. The summed E-state index contributed by atoms with van der Waals surface area (Å²) in [6.45, 7) is 15.8. The van der Waals surface area contributed by atoms with Crippen LogP contribution in [0.5, 0.6) is 0 Å². The number of hydrogen-bond acceptors (Lipinski definition) is 5. The molecule has 0 bridgehead atoms. The van der Waals surface area contributed by atoms with Crippen LogP contribution in [0.15, 0.2) is 23.0 Å². The quantitative estimate of drug-likeness (QED) is 0.416. The van der Waals surface area contributed by atoms with Crippen LogP contribution in [-0.2, 0) is 13.1 Å². The normalized spacial score (nSPS) is 14.7. The largest absolute Gasteiger partial charge is 0.348 e. The minimum atomic E-state index is -0.182. The zero-order chi connectivity index (χ0) is 25.5. The summed E-state index contributed by atoms with van der Waals surface area (Å²) in [4.78, 5) is 33.6. The highest BCUT2D eigenvalue weighted by atomic mass is 16.1. The Morgan fingerprint density at radius 1 is 1.14 bits per heavy atom. The van der Waals surface area contributed by atoms with E-state index in [4.69, 9.17) is 4.98 Å². The smallest absolute Gasteiger partial charge is 0.253 e. The lowest BCUT2D eigenvalue weighted by Crippen LogP contribution is -2.31. The maximum absolute atomic E-state index is 13.5. The molecule has 0 saturated heterocycles. The maximum Gasteiger partial charge on any atom is 0.253 e. The van der Waals surface area contributed by atoms with E-state index in [9.17, 15) is 9.59 Å². The summed E-state index contributed by atoms with van der Waals surface area (Å²) in [5, 5.41) is 9.89. The second-order valence-corrected chi connectivity index (χ2v) is 9.97. The molecule has 1 aliphatic heterocycles. The third kappa shape index (κ3) is 6.89. The number of carbonyl (C=O) groups is 1. The fourth-order valence-electron chi connectivity index (χ4n) is 4.74. The van der Waals surface area contributed by atoms with Gasteiger partial charge in [-0.15, -0.1) is 0 Å². The molecule has 35 heavy (non-hydrogen) atoms. The molecule has 0 aliphatic carbocycles. The number of nitrogens with zero attached hydrogens (tertiary/aromatic N) is 1. The first kappa shape index (κ1) is 26.8. The lowest BCUT2D eigenvalue weighted by Gasteiger charge is -2.21. The number of aromatic nitrogens is 2. The molecule has 0 aromatic carbocycles. The number of H-pyrrole nitrogens is 1. The number of aryl methyl sites for hydroxylation is 3. The van der Waals surface area contributed by atoms with Crippen LogP contribution in [0.4, 0.5) is 0 Å². The van der Waals surface area contributed by atoms with E-state index in [1.807, 2.05) is 32.9 Å². The van der Waals surface area contributed by atoms with E-state index >= 15 is 0 Å². The predicted molar refractivity (Wildman–Crippen MR) is 142 cm³/mol. The van der Waals surface area contributed by atoms with Crippen LogP contribution in [0, 0.1) is 32.6 Å². The van der Waals surface area contributed by atoms with E-state index in [2.05, 4.69) is 47.8 Å². The van der Waals surface area contributed by atoms with Crippen molar-refractivity contribution in [2.45, 2.75) is 67.5 Å². The lowest BCUT2D eigenvalue weighted by molar-refractivity contribution is 0.0949. The summed E-state index contributed by atoms with van der Waals surface area (Å²) in [5.74, 6) is 0.994. The zero-order valence-electron chi connectivity index (χ0n) is 22.1. The Bertz CT molecular complexity index is 1130. The van der Waals surface area contributed by atoms with Gasteiger partial charge >= 0.3 is 0 Å². The second-order valence-electron chi connectivity index (χ2n) is 9.97. The minimum absolute atomic E-state index is 0.157. The molecule has 190 valence electrons. The van der Waals surface area contributed by atoms with Gasteiger partial charge in [0.05, 0.1) is 5.69 Å². The van der Waals surface area contributed by atoms with E-state index in [1.54, 1.807) is 0 Å². The molecule has 3 rings (SSSR count). The zero-order valence-corrected chi connectivity index (χ0v) is 22.1. The van der Waals surface area contributed by atoms with Crippen molar-refractivity contribution in [3.05, 3.63) is 67.9 Å². The fourth-order valence-corrected chi connectivity index (χ4v) is 4.74. The summed E-state index contributed by atoms with van der Waals surface area (Å²) in [5.41, 5.74) is 6.53. The lowest BCUT2D eigenvalue weighted by atomic mass is 9.93.